The van der Waals surface area contributed by atoms with Crippen molar-refractivity contribution in [2.24, 2.45) is 5.92 Å². The minimum Gasteiger partial charge on any atom is -0.494 e. The van der Waals surface area contributed by atoms with E-state index in [4.69, 9.17) is 20.9 Å². The summed E-state index contributed by atoms with van der Waals surface area (Å²) in [5.74, 6) is 2.56. The standard InChI is InChI=1S/C20H26ClN3O3/c1-12(2)18(20-23-19(24-27-20)14-6-7-14)22-17(25)5-4-10-26-15-8-9-16(21)13(3)11-15/h8-9,11-12,14,18H,4-7,10H2,1-3H3,(H,22,25). The van der Waals surface area contributed by atoms with Gasteiger partial charge in [0.15, 0.2) is 5.82 Å². The van der Waals surface area contributed by atoms with Crippen LogP contribution in [0.3, 0.4) is 0 Å². The smallest absolute Gasteiger partial charge is 0.249 e. The van der Waals surface area contributed by atoms with Crippen molar-refractivity contribution in [1.29, 1.82) is 0 Å². The van der Waals surface area contributed by atoms with E-state index >= 15 is 0 Å². The zero-order valence-corrected chi connectivity index (χ0v) is 16.8. The van der Waals surface area contributed by atoms with Crippen LogP contribution in [-0.2, 0) is 4.79 Å². The monoisotopic (exact) mass is 391 g/mol. The molecule has 0 aliphatic heterocycles. The minimum absolute atomic E-state index is 0.0456. The van der Waals surface area contributed by atoms with Crippen molar-refractivity contribution in [1.82, 2.24) is 15.5 Å². The normalized spacial score (nSPS) is 15.0. The maximum atomic E-state index is 12.3. The lowest BCUT2D eigenvalue weighted by atomic mass is 10.0. The average molecular weight is 392 g/mol. The number of benzene rings is 1. The van der Waals surface area contributed by atoms with Crippen LogP contribution in [0.5, 0.6) is 5.75 Å². The van der Waals surface area contributed by atoms with E-state index in [1.165, 1.54) is 0 Å². The maximum Gasteiger partial charge on any atom is 0.249 e. The molecule has 1 atom stereocenters. The topological polar surface area (TPSA) is 77.2 Å². The van der Waals surface area contributed by atoms with Gasteiger partial charge in [-0.3, -0.25) is 4.79 Å². The van der Waals surface area contributed by atoms with Gasteiger partial charge in [0, 0.05) is 17.4 Å². The van der Waals surface area contributed by atoms with E-state index in [-0.39, 0.29) is 17.9 Å². The summed E-state index contributed by atoms with van der Waals surface area (Å²) in [6.45, 7) is 6.45. The number of ether oxygens (including phenoxy) is 1. The third-order valence-electron chi connectivity index (χ3n) is 4.60. The summed E-state index contributed by atoms with van der Waals surface area (Å²) in [6.07, 6.45) is 3.23. The van der Waals surface area contributed by atoms with Crippen LogP contribution in [0, 0.1) is 12.8 Å². The molecule has 1 fully saturated rings. The van der Waals surface area contributed by atoms with Gasteiger partial charge in [0.25, 0.3) is 0 Å². The molecule has 1 unspecified atom stereocenters. The van der Waals surface area contributed by atoms with Crippen LogP contribution in [0.1, 0.15) is 68.8 Å². The van der Waals surface area contributed by atoms with E-state index in [1.807, 2.05) is 39.0 Å². The number of rotatable bonds is 9. The molecule has 1 saturated carbocycles. The first-order valence-electron chi connectivity index (χ1n) is 9.46. The highest BCUT2D eigenvalue weighted by atomic mass is 35.5. The lowest BCUT2D eigenvalue weighted by molar-refractivity contribution is -0.122. The summed E-state index contributed by atoms with van der Waals surface area (Å²) >= 11 is 6.00. The fraction of sp³-hybridized carbons (Fsp3) is 0.550. The number of aromatic nitrogens is 2. The molecule has 0 radical (unpaired) electrons. The van der Waals surface area contributed by atoms with Crippen LogP contribution in [0.15, 0.2) is 22.7 Å². The van der Waals surface area contributed by atoms with Gasteiger partial charge in [-0.05, 0) is 55.9 Å². The third-order valence-corrected chi connectivity index (χ3v) is 5.02. The fourth-order valence-electron chi connectivity index (χ4n) is 2.77. The second-order valence-electron chi connectivity index (χ2n) is 7.42. The van der Waals surface area contributed by atoms with Crippen LogP contribution >= 0.6 is 11.6 Å². The van der Waals surface area contributed by atoms with Crippen molar-refractivity contribution < 1.29 is 14.1 Å². The molecule has 6 nitrogen and oxygen atoms in total. The first kappa shape index (κ1) is 19.7. The Balaban J connectivity index is 1.45. The minimum atomic E-state index is -0.266. The number of hydrogen-bond donors (Lipinski definition) is 1. The van der Waals surface area contributed by atoms with E-state index in [9.17, 15) is 4.79 Å². The first-order chi connectivity index (χ1) is 12.9. The Morgan fingerprint density at radius 3 is 2.85 bits per heavy atom. The molecule has 1 N–H and O–H groups in total. The summed E-state index contributed by atoms with van der Waals surface area (Å²) in [6, 6.07) is 5.27. The Morgan fingerprint density at radius 1 is 1.41 bits per heavy atom. The van der Waals surface area contributed by atoms with Gasteiger partial charge in [0.2, 0.25) is 11.8 Å². The second kappa shape index (κ2) is 8.74. The average Bonchev–Trinajstić information content (AvgIpc) is 3.37. The lowest BCUT2D eigenvalue weighted by Crippen LogP contribution is -2.32. The molecule has 0 saturated heterocycles. The summed E-state index contributed by atoms with van der Waals surface area (Å²) in [7, 11) is 0. The van der Waals surface area contributed by atoms with Crippen molar-refractivity contribution >= 4 is 17.5 Å². The number of amides is 1. The molecular formula is C20H26ClN3O3. The van der Waals surface area contributed by atoms with Crippen molar-refractivity contribution in [3.63, 3.8) is 0 Å². The van der Waals surface area contributed by atoms with E-state index in [1.54, 1.807) is 0 Å². The van der Waals surface area contributed by atoms with Crippen LogP contribution in [0.4, 0.5) is 0 Å². The van der Waals surface area contributed by atoms with Gasteiger partial charge >= 0.3 is 0 Å². The van der Waals surface area contributed by atoms with Crippen LogP contribution in [-0.4, -0.2) is 22.7 Å². The van der Waals surface area contributed by atoms with Gasteiger partial charge in [0.05, 0.1) is 6.61 Å². The number of carbonyl (C=O) groups is 1. The molecule has 0 bridgehead atoms. The van der Waals surface area contributed by atoms with Gasteiger partial charge in [-0.25, -0.2) is 0 Å². The molecule has 0 spiro atoms. The molecular weight excluding hydrogens is 366 g/mol. The van der Waals surface area contributed by atoms with Gasteiger partial charge in [0.1, 0.15) is 11.8 Å². The number of hydrogen-bond acceptors (Lipinski definition) is 5. The largest absolute Gasteiger partial charge is 0.494 e. The van der Waals surface area contributed by atoms with Crippen LogP contribution in [0.25, 0.3) is 0 Å². The first-order valence-corrected chi connectivity index (χ1v) is 9.83. The molecule has 1 aliphatic rings. The summed E-state index contributed by atoms with van der Waals surface area (Å²) < 4.78 is 11.1. The predicted octanol–water partition coefficient (Wildman–Crippen LogP) is 4.58. The summed E-state index contributed by atoms with van der Waals surface area (Å²) in [4.78, 5) is 16.8. The van der Waals surface area contributed by atoms with Gasteiger partial charge in [-0.2, -0.15) is 4.98 Å². The fourth-order valence-corrected chi connectivity index (χ4v) is 2.89. The molecule has 1 heterocycles. The molecule has 146 valence electrons. The SMILES string of the molecule is Cc1cc(OCCCC(=O)NC(c2nc(C3CC3)no2)C(C)C)ccc1Cl. The zero-order valence-electron chi connectivity index (χ0n) is 16.0. The van der Waals surface area contributed by atoms with Gasteiger partial charge < -0.3 is 14.6 Å². The molecule has 2 aromatic rings. The molecule has 1 aromatic heterocycles. The second-order valence-corrected chi connectivity index (χ2v) is 7.82. The Labute approximate surface area is 164 Å². The van der Waals surface area contributed by atoms with E-state index in [0.29, 0.717) is 36.3 Å². The molecule has 1 aromatic carbocycles. The van der Waals surface area contributed by atoms with Crippen molar-refractivity contribution in [2.75, 3.05) is 6.61 Å². The molecule has 1 aliphatic carbocycles. The number of nitrogens with zero attached hydrogens (tertiary/aromatic N) is 2. The summed E-state index contributed by atoms with van der Waals surface area (Å²) in [5.41, 5.74) is 0.969. The molecule has 1 amide bonds. The van der Waals surface area contributed by atoms with Crippen molar-refractivity contribution in [3.8, 4) is 5.75 Å². The predicted molar refractivity (Wildman–Crippen MR) is 103 cm³/mol. The van der Waals surface area contributed by atoms with Gasteiger partial charge in [-0.1, -0.05) is 30.6 Å². The van der Waals surface area contributed by atoms with E-state index in [0.717, 1.165) is 30.0 Å². The Kier molecular flexibility index (Phi) is 6.37. The van der Waals surface area contributed by atoms with E-state index < -0.39 is 0 Å². The van der Waals surface area contributed by atoms with E-state index in [2.05, 4.69) is 15.5 Å². The lowest BCUT2D eigenvalue weighted by Gasteiger charge is -2.18. The molecule has 3 rings (SSSR count). The highest BCUT2D eigenvalue weighted by molar-refractivity contribution is 6.31. The highest BCUT2D eigenvalue weighted by Gasteiger charge is 2.31. The quantitative estimate of drug-likeness (QED) is 0.633. The number of nitrogens with one attached hydrogen (secondary N) is 1. The third kappa shape index (κ3) is 5.45. The molecule has 27 heavy (non-hydrogen) atoms. The molecule has 7 heteroatoms. The van der Waals surface area contributed by atoms with Crippen molar-refractivity contribution in [2.45, 2.75) is 58.4 Å². The Hall–Kier alpha value is -2.08. The van der Waals surface area contributed by atoms with Crippen LogP contribution < -0.4 is 10.1 Å². The number of aryl methyl sites for hydroxylation is 1. The summed E-state index contributed by atoms with van der Waals surface area (Å²) in [5, 5.41) is 7.77. The number of carbonyl (C=O) groups excluding carboxylic acids is 1. The zero-order chi connectivity index (χ0) is 19.4. The van der Waals surface area contributed by atoms with Gasteiger partial charge in [-0.15, -0.1) is 0 Å². The number of halogens is 1. The Bertz CT molecular complexity index is 787. The highest BCUT2D eigenvalue weighted by Crippen LogP contribution is 2.38. The Morgan fingerprint density at radius 2 is 2.19 bits per heavy atom. The maximum absolute atomic E-state index is 12.3. The van der Waals surface area contributed by atoms with Crippen LogP contribution in [0.2, 0.25) is 5.02 Å². The van der Waals surface area contributed by atoms with Crippen molar-refractivity contribution in [3.05, 3.63) is 40.5 Å².